The molecule has 10 heteroatoms. The molecule has 3 aromatic heterocycles. The number of sulfone groups is 1. The van der Waals surface area contributed by atoms with Gasteiger partial charge in [0.1, 0.15) is 16.8 Å². The van der Waals surface area contributed by atoms with Crippen LogP contribution < -0.4 is 0 Å². The maximum Gasteiger partial charge on any atom is 0.289 e. The van der Waals surface area contributed by atoms with E-state index in [2.05, 4.69) is 15.1 Å². The quantitative estimate of drug-likeness (QED) is 0.482. The van der Waals surface area contributed by atoms with E-state index in [4.69, 9.17) is 4.42 Å². The molecule has 1 amide bonds. The van der Waals surface area contributed by atoms with Crippen LogP contribution in [0.3, 0.4) is 0 Å². The van der Waals surface area contributed by atoms with E-state index >= 15 is 0 Å². The van der Waals surface area contributed by atoms with Gasteiger partial charge in [-0.3, -0.25) is 4.79 Å². The molecule has 1 aliphatic rings. The number of aromatic nitrogens is 4. The third kappa shape index (κ3) is 3.27. The second-order valence-corrected chi connectivity index (χ2v) is 9.88. The molecule has 9 nitrogen and oxygen atoms in total. The summed E-state index contributed by atoms with van der Waals surface area (Å²) in [5.41, 5.74) is 2.00. The molecule has 31 heavy (non-hydrogen) atoms. The number of rotatable bonds is 3. The zero-order valence-corrected chi connectivity index (χ0v) is 18.0. The fourth-order valence-corrected chi connectivity index (χ4v) is 5.22. The highest BCUT2D eigenvalue weighted by Gasteiger charge is 2.33. The van der Waals surface area contributed by atoms with E-state index in [0.29, 0.717) is 35.9 Å². The standard InChI is InChI=1S/C21H21N5O4S/c1-13-15-7-3-4-8-16(15)30-19(13)20(27)25-9-5-6-14(11-25)18-17(31(2,28)29)10-22-21-23-12-24-26(18)21/h3-4,7-8,10,12,14H,5-6,9,11H2,1-2H3/t14-/m0/s1. The number of fused-ring (bicyclic) bond motifs is 2. The highest BCUT2D eigenvalue weighted by Crippen LogP contribution is 2.33. The Morgan fingerprint density at radius 2 is 2.03 bits per heavy atom. The number of amides is 1. The molecule has 1 fully saturated rings. The average molecular weight is 439 g/mol. The minimum Gasteiger partial charge on any atom is -0.451 e. The van der Waals surface area contributed by atoms with Gasteiger partial charge >= 0.3 is 0 Å². The van der Waals surface area contributed by atoms with E-state index in [1.54, 1.807) is 4.90 Å². The monoisotopic (exact) mass is 439 g/mol. The molecule has 0 aliphatic carbocycles. The number of hydrogen-bond donors (Lipinski definition) is 0. The maximum absolute atomic E-state index is 13.3. The van der Waals surface area contributed by atoms with Gasteiger partial charge in [-0.1, -0.05) is 18.2 Å². The Morgan fingerprint density at radius 1 is 1.23 bits per heavy atom. The lowest BCUT2D eigenvalue weighted by molar-refractivity contribution is 0.0673. The number of nitrogens with zero attached hydrogens (tertiary/aromatic N) is 5. The van der Waals surface area contributed by atoms with Gasteiger partial charge < -0.3 is 9.32 Å². The smallest absolute Gasteiger partial charge is 0.289 e. The Bertz CT molecular complexity index is 1420. The van der Waals surface area contributed by atoms with Gasteiger partial charge in [0.15, 0.2) is 15.6 Å². The molecule has 1 aliphatic heterocycles. The van der Waals surface area contributed by atoms with Crippen LogP contribution in [0.5, 0.6) is 0 Å². The molecule has 1 saturated heterocycles. The van der Waals surface area contributed by atoms with E-state index in [-0.39, 0.29) is 16.7 Å². The summed E-state index contributed by atoms with van der Waals surface area (Å²) in [5, 5.41) is 5.11. The summed E-state index contributed by atoms with van der Waals surface area (Å²) in [6.07, 6.45) is 5.29. The number of aryl methyl sites for hydroxylation is 1. The van der Waals surface area contributed by atoms with Crippen molar-refractivity contribution in [3.63, 3.8) is 0 Å². The van der Waals surface area contributed by atoms with Gasteiger partial charge in [-0.05, 0) is 25.8 Å². The predicted molar refractivity (Wildman–Crippen MR) is 113 cm³/mol. The molecule has 1 atom stereocenters. The normalized spacial score (nSPS) is 17.5. The topological polar surface area (TPSA) is 111 Å². The van der Waals surface area contributed by atoms with E-state index in [9.17, 15) is 13.2 Å². The summed E-state index contributed by atoms with van der Waals surface area (Å²) in [6, 6.07) is 7.56. The molecule has 0 radical (unpaired) electrons. The molecule has 1 aromatic carbocycles. The Kier molecular flexibility index (Phi) is 4.54. The molecule has 4 heterocycles. The van der Waals surface area contributed by atoms with Crippen molar-refractivity contribution < 1.29 is 17.6 Å². The van der Waals surface area contributed by atoms with Crippen molar-refractivity contribution in [2.75, 3.05) is 19.3 Å². The van der Waals surface area contributed by atoms with Crippen molar-refractivity contribution in [1.29, 1.82) is 0 Å². The number of benzene rings is 1. The first-order chi connectivity index (χ1) is 14.8. The van der Waals surface area contributed by atoms with Gasteiger partial charge in [0.2, 0.25) is 0 Å². The first-order valence-corrected chi connectivity index (χ1v) is 11.9. The molecular weight excluding hydrogens is 418 g/mol. The largest absolute Gasteiger partial charge is 0.451 e. The molecule has 0 bridgehead atoms. The Hall–Kier alpha value is -3.27. The van der Waals surface area contributed by atoms with E-state index < -0.39 is 9.84 Å². The second kappa shape index (κ2) is 7.16. The van der Waals surface area contributed by atoms with Crippen LogP contribution in [0.4, 0.5) is 0 Å². The lowest BCUT2D eigenvalue weighted by atomic mass is 9.94. The molecule has 0 unspecified atom stereocenters. The molecule has 0 spiro atoms. The van der Waals surface area contributed by atoms with Gasteiger partial charge in [0.05, 0.1) is 11.9 Å². The van der Waals surface area contributed by atoms with Crippen LogP contribution in [0.1, 0.15) is 40.6 Å². The zero-order chi connectivity index (χ0) is 21.8. The molecule has 0 saturated carbocycles. The van der Waals surface area contributed by atoms with Crippen LogP contribution in [-0.4, -0.2) is 58.2 Å². The van der Waals surface area contributed by atoms with Crippen LogP contribution in [-0.2, 0) is 9.84 Å². The van der Waals surface area contributed by atoms with Crippen LogP contribution >= 0.6 is 0 Å². The minimum atomic E-state index is -3.54. The highest BCUT2D eigenvalue weighted by atomic mass is 32.2. The van der Waals surface area contributed by atoms with E-state index in [1.165, 1.54) is 17.0 Å². The van der Waals surface area contributed by atoms with Crippen molar-refractivity contribution in [3.05, 3.63) is 53.8 Å². The van der Waals surface area contributed by atoms with Gasteiger partial charge in [0.25, 0.3) is 11.7 Å². The van der Waals surface area contributed by atoms with Crippen LogP contribution in [0.15, 0.2) is 46.1 Å². The minimum absolute atomic E-state index is 0.115. The number of hydrogen-bond acceptors (Lipinski definition) is 7. The lowest BCUT2D eigenvalue weighted by Crippen LogP contribution is -2.40. The van der Waals surface area contributed by atoms with Gasteiger partial charge in [-0.2, -0.15) is 14.6 Å². The average Bonchev–Trinajstić information content (AvgIpc) is 3.37. The fourth-order valence-electron chi connectivity index (χ4n) is 4.35. The second-order valence-electron chi connectivity index (χ2n) is 7.89. The van der Waals surface area contributed by atoms with E-state index in [0.717, 1.165) is 30.0 Å². The Balaban J connectivity index is 1.53. The molecule has 5 rings (SSSR count). The van der Waals surface area contributed by atoms with Gasteiger partial charge in [0, 0.05) is 36.2 Å². The number of likely N-dealkylation sites (tertiary alicyclic amines) is 1. The summed E-state index contributed by atoms with van der Waals surface area (Å²) in [6.45, 7) is 2.81. The van der Waals surface area contributed by atoms with Crippen LogP contribution in [0.2, 0.25) is 0 Å². The Morgan fingerprint density at radius 3 is 2.81 bits per heavy atom. The number of furan rings is 1. The molecule has 160 valence electrons. The summed E-state index contributed by atoms with van der Waals surface area (Å²) >= 11 is 0. The third-order valence-corrected chi connectivity index (χ3v) is 6.95. The highest BCUT2D eigenvalue weighted by molar-refractivity contribution is 7.90. The maximum atomic E-state index is 13.3. The number of carbonyl (C=O) groups is 1. The van der Waals surface area contributed by atoms with Crippen molar-refractivity contribution >= 4 is 32.5 Å². The van der Waals surface area contributed by atoms with Gasteiger partial charge in [-0.25, -0.2) is 13.4 Å². The number of para-hydroxylation sites is 1. The van der Waals surface area contributed by atoms with Crippen LogP contribution in [0.25, 0.3) is 16.7 Å². The van der Waals surface area contributed by atoms with Crippen molar-refractivity contribution in [2.24, 2.45) is 0 Å². The SMILES string of the molecule is Cc1c(C(=O)N2CCC[C@H](c3c(S(C)(=O)=O)cnc4ncnn34)C2)oc2ccccc12. The van der Waals surface area contributed by atoms with Crippen molar-refractivity contribution in [1.82, 2.24) is 24.5 Å². The summed E-state index contributed by atoms with van der Waals surface area (Å²) < 4.78 is 32.2. The summed E-state index contributed by atoms with van der Waals surface area (Å²) in [5.74, 6) is 0.243. The number of piperidine rings is 1. The summed E-state index contributed by atoms with van der Waals surface area (Å²) in [4.78, 5) is 23.4. The molecule has 0 N–H and O–H groups in total. The third-order valence-electron chi connectivity index (χ3n) is 5.84. The zero-order valence-electron chi connectivity index (χ0n) is 17.1. The summed E-state index contributed by atoms with van der Waals surface area (Å²) in [7, 11) is -3.54. The molecular formula is C21H21N5O4S. The lowest BCUT2D eigenvalue weighted by Gasteiger charge is -2.33. The fraction of sp³-hybridized carbons (Fsp3) is 0.333. The molecule has 4 aromatic rings. The number of carbonyl (C=O) groups excluding carboxylic acids is 1. The van der Waals surface area contributed by atoms with Crippen molar-refractivity contribution in [2.45, 2.75) is 30.6 Å². The Labute approximate surface area is 178 Å². The van der Waals surface area contributed by atoms with Crippen LogP contribution in [0, 0.1) is 6.92 Å². The predicted octanol–water partition coefficient (Wildman–Crippen LogP) is 2.60. The first kappa shape index (κ1) is 19.7. The first-order valence-electron chi connectivity index (χ1n) is 10.0. The van der Waals surface area contributed by atoms with Crippen molar-refractivity contribution in [3.8, 4) is 0 Å². The van der Waals surface area contributed by atoms with Gasteiger partial charge in [-0.15, -0.1) is 0 Å². The van der Waals surface area contributed by atoms with E-state index in [1.807, 2.05) is 31.2 Å².